The molecule has 0 aromatic rings. The van der Waals surface area contributed by atoms with Crippen LogP contribution in [-0.4, -0.2) is 12.6 Å². The van der Waals surface area contributed by atoms with Gasteiger partial charge in [-0.05, 0) is 38.1 Å². The lowest BCUT2D eigenvalue weighted by atomic mass is 9.95. The molecule has 1 aliphatic heterocycles. The Hall–Kier alpha value is -0.0400. The second-order valence-corrected chi connectivity index (χ2v) is 3.55. The fraction of sp³-hybridized carbons (Fsp3) is 1.00. The molecule has 52 valence electrons. The minimum Gasteiger partial charge on any atom is -0.314 e. The number of nitrogens with one attached hydrogen (secondary N) is 1. The van der Waals surface area contributed by atoms with Crippen LogP contribution >= 0.6 is 0 Å². The molecule has 2 fully saturated rings. The van der Waals surface area contributed by atoms with E-state index >= 15 is 0 Å². The molecule has 9 heavy (non-hydrogen) atoms. The number of hydrogen-bond donors (Lipinski definition) is 1. The third-order valence-corrected chi connectivity index (χ3v) is 3.06. The maximum Gasteiger partial charge on any atom is 0.00702 e. The normalized spacial score (nSPS) is 49.7. The van der Waals surface area contributed by atoms with Crippen LogP contribution in [0.4, 0.5) is 0 Å². The van der Waals surface area contributed by atoms with Crippen molar-refractivity contribution in [3.8, 4) is 0 Å². The van der Waals surface area contributed by atoms with Crippen molar-refractivity contribution in [1.29, 1.82) is 0 Å². The molecule has 0 bridgehead atoms. The van der Waals surface area contributed by atoms with Gasteiger partial charge in [0.15, 0.2) is 0 Å². The predicted molar refractivity (Wildman–Crippen MR) is 38.3 cm³/mol. The van der Waals surface area contributed by atoms with Gasteiger partial charge in [-0.15, -0.1) is 0 Å². The molecule has 3 atom stereocenters. The van der Waals surface area contributed by atoms with Crippen LogP contribution in [0.2, 0.25) is 0 Å². The quantitative estimate of drug-likeness (QED) is 0.516. The van der Waals surface area contributed by atoms with Gasteiger partial charge < -0.3 is 5.32 Å². The number of fused-ring (bicyclic) bond motifs is 1. The lowest BCUT2D eigenvalue weighted by Crippen LogP contribution is -2.22. The highest BCUT2D eigenvalue weighted by molar-refractivity contribution is 4.91. The first-order valence-corrected chi connectivity index (χ1v) is 4.11. The fourth-order valence-corrected chi connectivity index (χ4v) is 2.47. The van der Waals surface area contributed by atoms with Gasteiger partial charge in [-0.1, -0.05) is 6.42 Å². The molecule has 0 spiro atoms. The summed E-state index contributed by atoms with van der Waals surface area (Å²) in [5.41, 5.74) is 0. The van der Waals surface area contributed by atoms with Gasteiger partial charge in [0.2, 0.25) is 0 Å². The van der Waals surface area contributed by atoms with Gasteiger partial charge in [-0.2, -0.15) is 0 Å². The van der Waals surface area contributed by atoms with Crippen molar-refractivity contribution in [1.82, 2.24) is 5.32 Å². The highest BCUT2D eigenvalue weighted by Crippen LogP contribution is 2.37. The molecular weight excluding hydrogens is 110 g/mol. The van der Waals surface area contributed by atoms with Crippen LogP contribution in [0, 0.1) is 11.8 Å². The highest BCUT2D eigenvalue weighted by Gasteiger charge is 2.35. The van der Waals surface area contributed by atoms with E-state index in [0.717, 1.165) is 17.9 Å². The second kappa shape index (κ2) is 1.98. The number of hydrogen-bond acceptors (Lipinski definition) is 1. The van der Waals surface area contributed by atoms with Crippen LogP contribution in [0.25, 0.3) is 0 Å². The lowest BCUT2D eigenvalue weighted by Gasteiger charge is -2.11. The van der Waals surface area contributed by atoms with Crippen LogP contribution in [0.3, 0.4) is 0 Å². The van der Waals surface area contributed by atoms with Gasteiger partial charge in [0, 0.05) is 6.04 Å². The topological polar surface area (TPSA) is 12.0 Å². The molecule has 0 aromatic carbocycles. The van der Waals surface area contributed by atoms with Crippen LogP contribution in [0.15, 0.2) is 0 Å². The first-order valence-electron chi connectivity index (χ1n) is 4.11. The Labute approximate surface area is 56.8 Å². The van der Waals surface area contributed by atoms with Crippen molar-refractivity contribution in [2.75, 3.05) is 6.54 Å². The first kappa shape index (κ1) is 5.72. The molecule has 1 aliphatic carbocycles. The van der Waals surface area contributed by atoms with E-state index in [9.17, 15) is 0 Å². The molecule has 1 N–H and O–H groups in total. The third-order valence-electron chi connectivity index (χ3n) is 3.06. The van der Waals surface area contributed by atoms with Gasteiger partial charge in [-0.25, -0.2) is 0 Å². The van der Waals surface area contributed by atoms with Crippen LogP contribution < -0.4 is 5.32 Å². The van der Waals surface area contributed by atoms with Crippen molar-refractivity contribution in [2.45, 2.75) is 32.2 Å². The summed E-state index contributed by atoms with van der Waals surface area (Å²) in [7, 11) is 0. The summed E-state index contributed by atoms with van der Waals surface area (Å²) in [6.45, 7) is 3.63. The van der Waals surface area contributed by atoms with Gasteiger partial charge in [-0.3, -0.25) is 0 Å². The average Bonchev–Trinajstić information content (AvgIpc) is 2.35. The first-order chi connectivity index (χ1) is 4.38. The van der Waals surface area contributed by atoms with Crippen molar-refractivity contribution >= 4 is 0 Å². The zero-order valence-corrected chi connectivity index (χ0v) is 6.06. The smallest absolute Gasteiger partial charge is 0.00702 e. The van der Waals surface area contributed by atoms with E-state index in [1.54, 1.807) is 0 Å². The SMILES string of the molecule is C[C@H]1NC[C@@H]2CCC[C@@H]21. The Morgan fingerprint density at radius 1 is 1.33 bits per heavy atom. The van der Waals surface area contributed by atoms with E-state index < -0.39 is 0 Å². The van der Waals surface area contributed by atoms with Gasteiger partial charge in [0.1, 0.15) is 0 Å². The summed E-state index contributed by atoms with van der Waals surface area (Å²) in [6.07, 6.45) is 4.46. The zero-order chi connectivity index (χ0) is 6.27. The van der Waals surface area contributed by atoms with Crippen molar-refractivity contribution in [2.24, 2.45) is 11.8 Å². The van der Waals surface area contributed by atoms with Crippen LogP contribution in [-0.2, 0) is 0 Å². The highest BCUT2D eigenvalue weighted by atomic mass is 15.0. The van der Waals surface area contributed by atoms with E-state index in [-0.39, 0.29) is 0 Å². The monoisotopic (exact) mass is 125 g/mol. The molecule has 2 aliphatic rings. The predicted octanol–water partition coefficient (Wildman–Crippen LogP) is 1.39. The molecular formula is C8H15N. The Morgan fingerprint density at radius 2 is 2.22 bits per heavy atom. The summed E-state index contributed by atoms with van der Waals surface area (Å²) >= 11 is 0. The summed E-state index contributed by atoms with van der Waals surface area (Å²) in [5, 5.41) is 3.52. The third kappa shape index (κ3) is 0.787. The fourth-order valence-electron chi connectivity index (χ4n) is 2.47. The minimum absolute atomic E-state index is 0.817. The standard InChI is InChI=1S/C8H15N/c1-6-8-4-2-3-7(8)5-9-6/h6-9H,2-5H2,1H3/t6-,7+,8-/m1/s1. The number of rotatable bonds is 0. The van der Waals surface area contributed by atoms with Crippen molar-refractivity contribution in [3.05, 3.63) is 0 Å². The summed E-state index contributed by atoms with van der Waals surface area (Å²) in [5.74, 6) is 2.07. The Bertz CT molecular complexity index is 111. The molecule has 0 unspecified atom stereocenters. The van der Waals surface area contributed by atoms with E-state index in [4.69, 9.17) is 0 Å². The summed E-state index contributed by atoms with van der Waals surface area (Å²) < 4.78 is 0. The largest absolute Gasteiger partial charge is 0.314 e. The molecule has 0 amide bonds. The molecule has 2 rings (SSSR count). The van der Waals surface area contributed by atoms with Crippen molar-refractivity contribution < 1.29 is 0 Å². The molecule has 1 nitrogen and oxygen atoms in total. The molecule has 1 saturated carbocycles. The van der Waals surface area contributed by atoms with Gasteiger partial charge in [0.25, 0.3) is 0 Å². The molecule has 0 radical (unpaired) electrons. The van der Waals surface area contributed by atoms with E-state index in [1.807, 2.05) is 0 Å². The molecule has 1 heteroatoms. The second-order valence-electron chi connectivity index (χ2n) is 3.55. The van der Waals surface area contributed by atoms with Crippen LogP contribution in [0.1, 0.15) is 26.2 Å². The molecule has 1 saturated heterocycles. The zero-order valence-electron chi connectivity index (χ0n) is 6.06. The van der Waals surface area contributed by atoms with E-state index in [2.05, 4.69) is 12.2 Å². The minimum atomic E-state index is 0.817. The molecule has 0 aromatic heterocycles. The Balaban J connectivity index is 2.07. The van der Waals surface area contributed by atoms with Gasteiger partial charge >= 0.3 is 0 Å². The Morgan fingerprint density at radius 3 is 3.00 bits per heavy atom. The lowest BCUT2D eigenvalue weighted by molar-refractivity contribution is 0.432. The molecule has 1 heterocycles. The van der Waals surface area contributed by atoms with Crippen LogP contribution in [0.5, 0.6) is 0 Å². The summed E-state index contributed by atoms with van der Waals surface area (Å²) in [4.78, 5) is 0. The Kier molecular flexibility index (Phi) is 1.26. The maximum absolute atomic E-state index is 3.52. The average molecular weight is 125 g/mol. The summed E-state index contributed by atoms with van der Waals surface area (Å²) in [6, 6.07) is 0.817. The van der Waals surface area contributed by atoms with E-state index in [0.29, 0.717) is 0 Å². The van der Waals surface area contributed by atoms with Gasteiger partial charge in [0.05, 0.1) is 0 Å². The maximum atomic E-state index is 3.52. The van der Waals surface area contributed by atoms with E-state index in [1.165, 1.54) is 25.8 Å². The van der Waals surface area contributed by atoms with Crippen molar-refractivity contribution in [3.63, 3.8) is 0 Å².